The Hall–Kier alpha value is -0.770. The third kappa shape index (κ3) is 6.40. The molecule has 2 amide bonds. The highest BCUT2D eigenvalue weighted by atomic mass is 35.5. The molecule has 4 nitrogen and oxygen atoms in total. The molecule has 0 aromatic rings. The molecule has 0 heterocycles. The summed E-state index contributed by atoms with van der Waals surface area (Å²) in [7, 11) is 0. The molecule has 0 unspecified atom stereocenters. The van der Waals surface area contributed by atoms with Crippen LogP contribution in [0.2, 0.25) is 0 Å². The minimum absolute atomic E-state index is 0.309. The molecule has 5 heteroatoms. The number of halogens is 1. The van der Waals surface area contributed by atoms with Crippen LogP contribution in [0.25, 0.3) is 0 Å². The highest BCUT2D eigenvalue weighted by molar-refractivity contribution is 6.35. The number of nitrogens with one attached hydrogen (secondary N) is 2. The fraction of sp³-hybridized carbons (Fsp3) is 0.750. The van der Waals surface area contributed by atoms with Crippen LogP contribution in [0.4, 0.5) is 0 Å². The molecule has 0 aliphatic rings. The SMILES string of the molecule is CC(C)CNC(=O)C(=O)NCCCl. The lowest BCUT2D eigenvalue weighted by Gasteiger charge is -2.06. The maximum absolute atomic E-state index is 11.0. The highest BCUT2D eigenvalue weighted by Gasteiger charge is 2.11. The van der Waals surface area contributed by atoms with E-state index >= 15 is 0 Å². The highest BCUT2D eigenvalue weighted by Crippen LogP contribution is 1.86. The zero-order valence-electron chi connectivity index (χ0n) is 7.89. The van der Waals surface area contributed by atoms with E-state index in [4.69, 9.17) is 11.6 Å². The molecule has 0 aliphatic carbocycles. The first-order valence-electron chi connectivity index (χ1n) is 4.20. The summed E-state index contributed by atoms with van der Waals surface area (Å²) in [5, 5.41) is 4.87. The van der Waals surface area contributed by atoms with Crippen LogP contribution >= 0.6 is 11.6 Å². The summed E-state index contributed by atoms with van der Waals surface area (Å²) >= 11 is 5.33. The lowest BCUT2D eigenvalue weighted by atomic mass is 10.2. The van der Waals surface area contributed by atoms with Crippen molar-refractivity contribution in [2.45, 2.75) is 13.8 Å². The minimum Gasteiger partial charge on any atom is -0.348 e. The van der Waals surface area contributed by atoms with E-state index in [1.165, 1.54) is 0 Å². The van der Waals surface area contributed by atoms with Crippen LogP contribution in [0, 0.1) is 5.92 Å². The van der Waals surface area contributed by atoms with Crippen molar-refractivity contribution in [2.75, 3.05) is 19.0 Å². The van der Waals surface area contributed by atoms with Gasteiger partial charge in [-0.25, -0.2) is 0 Å². The second-order valence-corrected chi connectivity index (χ2v) is 3.43. The van der Waals surface area contributed by atoms with E-state index in [1.807, 2.05) is 13.8 Å². The second-order valence-electron chi connectivity index (χ2n) is 3.05. The van der Waals surface area contributed by atoms with E-state index in [1.54, 1.807) is 0 Å². The Labute approximate surface area is 83.0 Å². The molecule has 0 fully saturated rings. The van der Waals surface area contributed by atoms with Gasteiger partial charge in [-0.3, -0.25) is 9.59 Å². The normalized spacial score (nSPS) is 9.85. The van der Waals surface area contributed by atoms with Gasteiger partial charge in [-0.1, -0.05) is 13.8 Å². The van der Waals surface area contributed by atoms with Crippen LogP contribution in [0.5, 0.6) is 0 Å². The number of alkyl halides is 1. The molecule has 0 aromatic heterocycles. The van der Waals surface area contributed by atoms with Gasteiger partial charge in [0.1, 0.15) is 0 Å². The topological polar surface area (TPSA) is 58.2 Å². The number of hydrogen-bond donors (Lipinski definition) is 2. The number of amides is 2. The summed E-state index contributed by atoms with van der Waals surface area (Å²) in [5.74, 6) is -0.576. The Kier molecular flexibility index (Phi) is 6.32. The monoisotopic (exact) mass is 206 g/mol. The van der Waals surface area contributed by atoms with Gasteiger partial charge in [-0.15, -0.1) is 11.6 Å². The van der Waals surface area contributed by atoms with Crippen LogP contribution in [0.3, 0.4) is 0 Å². The zero-order valence-corrected chi connectivity index (χ0v) is 8.65. The van der Waals surface area contributed by atoms with Crippen molar-refractivity contribution in [3.8, 4) is 0 Å². The van der Waals surface area contributed by atoms with Crippen LogP contribution < -0.4 is 10.6 Å². The molecule has 0 bridgehead atoms. The first kappa shape index (κ1) is 12.2. The summed E-state index contributed by atoms with van der Waals surface area (Å²) < 4.78 is 0. The second kappa shape index (κ2) is 6.71. The minimum atomic E-state index is -0.624. The standard InChI is InChI=1S/C8H15ClN2O2/c1-6(2)5-11-8(13)7(12)10-4-3-9/h6H,3-5H2,1-2H3,(H,10,12)(H,11,13). The number of carbonyl (C=O) groups is 2. The van der Waals surface area contributed by atoms with Crippen LogP contribution in [-0.2, 0) is 9.59 Å². The number of carbonyl (C=O) groups excluding carboxylic acids is 2. The number of hydrogen-bond acceptors (Lipinski definition) is 2. The third-order valence-electron chi connectivity index (χ3n) is 1.26. The molecule has 0 radical (unpaired) electrons. The Balaban J connectivity index is 3.64. The van der Waals surface area contributed by atoms with E-state index in [-0.39, 0.29) is 0 Å². The quantitative estimate of drug-likeness (QED) is 0.507. The maximum Gasteiger partial charge on any atom is 0.309 e. The Bertz CT molecular complexity index is 183. The average Bonchev–Trinajstić information content (AvgIpc) is 2.10. The predicted octanol–water partition coefficient (Wildman–Crippen LogP) is 0.114. The van der Waals surface area contributed by atoms with Gasteiger partial charge in [0.25, 0.3) is 0 Å². The summed E-state index contributed by atoms with van der Waals surface area (Å²) in [6.45, 7) is 4.73. The van der Waals surface area contributed by atoms with Gasteiger partial charge in [0.05, 0.1) is 0 Å². The third-order valence-corrected chi connectivity index (χ3v) is 1.45. The smallest absolute Gasteiger partial charge is 0.309 e. The molecule has 0 atom stereocenters. The van der Waals surface area contributed by atoms with Gasteiger partial charge in [0.15, 0.2) is 0 Å². The maximum atomic E-state index is 11.0. The van der Waals surface area contributed by atoms with Gasteiger partial charge >= 0.3 is 11.8 Å². The lowest BCUT2D eigenvalue weighted by molar-refractivity contribution is -0.139. The number of rotatable bonds is 4. The average molecular weight is 207 g/mol. The summed E-state index contributed by atoms with van der Waals surface area (Å²) in [4.78, 5) is 21.9. The molecule has 2 N–H and O–H groups in total. The first-order valence-corrected chi connectivity index (χ1v) is 4.73. The zero-order chi connectivity index (χ0) is 10.3. The van der Waals surface area contributed by atoms with E-state index in [9.17, 15) is 9.59 Å². The van der Waals surface area contributed by atoms with Gasteiger partial charge < -0.3 is 10.6 Å². The molecule has 0 saturated carbocycles. The molecule has 13 heavy (non-hydrogen) atoms. The first-order chi connectivity index (χ1) is 6.07. The van der Waals surface area contributed by atoms with E-state index < -0.39 is 11.8 Å². The molecule has 0 aliphatic heterocycles. The van der Waals surface area contributed by atoms with Gasteiger partial charge in [0.2, 0.25) is 0 Å². The Morgan fingerprint density at radius 1 is 1.23 bits per heavy atom. The van der Waals surface area contributed by atoms with E-state index in [2.05, 4.69) is 10.6 Å². The summed E-state index contributed by atoms with van der Waals surface area (Å²) in [6, 6.07) is 0. The van der Waals surface area contributed by atoms with Crippen LogP contribution in [-0.4, -0.2) is 30.8 Å². The van der Waals surface area contributed by atoms with Crippen LogP contribution in [0.15, 0.2) is 0 Å². The molecule has 0 saturated heterocycles. The lowest BCUT2D eigenvalue weighted by Crippen LogP contribution is -2.41. The molecule has 76 valence electrons. The van der Waals surface area contributed by atoms with Crippen LogP contribution in [0.1, 0.15) is 13.8 Å². The molecule has 0 aromatic carbocycles. The Morgan fingerprint density at radius 2 is 1.77 bits per heavy atom. The van der Waals surface area contributed by atoms with Gasteiger partial charge in [-0.05, 0) is 5.92 Å². The van der Waals surface area contributed by atoms with Gasteiger partial charge in [-0.2, -0.15) is 0 Å². The fourth-order valence-electron chi connectivity index (χ4n) is 0.618. The summed E-state index contributed by atoms with van der Waals surface area (Å²) in [5.41, 5.74) is 0. The molecular weight excluding hydrogens is 192 g/mol. The van der Waals surface area contributed by atoms with Crippen molar-refractivity contribution >= 4 is 23.4 Å². The molecular formula is C8H15ClN2O2. The van der Waals surface area contributed by atoms with Crippen molar-refractivity contribution in [3.05, 3.63) is 0 Å². The van der Waals surface area contributed by atoms with E-state index in [0.717, 1.165) is 0 Å². The summed E-state index contributed by atoms with van der Waals surface area (Å²) in [6.07, 6.45) is 0. The van der Waals surface area contributed by atoms with E-state index in [0.29, 0.717) is 24.9 Å². The van der Waals surface area contributed by atoms with Crippen molar-refractivity contribution in [3.63, 3.8) is 0 Å². The van der Waals surface area contributed by atoms with Crippen molar-refractivity contribution < 1.29 is 9.59 Å². The largest absolute Gasteiger partial charge is 0.348 e. The fourth-order valence-corrected chi connectivity index (χ4v) is 0.713. The van der Waals surface area contributed by atoms with Crippen molar-refractivity contribution in [2.24, 2.45) is 5.92 Å². The van der Waals surface area contributed by atoms with Gasteiger partial charge in [0, 0.05) is 19.0 Å². The van der Waals surface area contributed by atoms with Crippen molar-refractivity contribution in [1.82, 2.24) is 10.6 Å². The molecule has 0 spiro atoms. The predicted molar refractivity (Wildman–Crippen MR) is 51.6 cm³/mol. The Morgan fingerprint density at radius 3 is 2.23 bits per heavy atom. The molecule has 0 rings (SSSR count). The van der Waals surface area contributed by atoms with Crippen molar-refractivity contribution in [1.29, 1.82) is 0 Å².